The van der Waals surface area contributed by atoms with E-state index >= 15 is 0 Å². The molecule has 0 saturated heterocycles. The van der Waals surface area contributed by atoms with Gasteiger partial charge in [-0.1, -0.05) is 0 Å². The number of aliphatic hydroxyl groups excluding tert-OH is 1. The van der Waals surface area contributed by atoms with Gasteiger partial charge in [-0.15, -0.1) is 0 Å². The Kier molecular flexibility index (Phi) is 6.97. The van der Waals surface area contributed by atoms with E-state index in [1.165, 1.54) is 0 Å². The fourth-order valence-corrected chi connectivity index (χ4v) is 1.84. The molecule has 0 aliphatic heterocycles. The highest BCUT2D eigenvalue weighted by molar-refractivity contribution is 5.34. The van der Waals surface area contributed by atoms with E-state index < -0.39 is 0 Å². The number of aromatic nitrogens is 4. The van der Waals surface area contributed by atoms with Crippen LogP contribution >= 0.6 is 0 Å². The topological polar surface area (TPSA) is 124 Å². The largest absolute Gasteiger partial charge is 0.483 e. The van der Waals surface area contributed by atoms with Crippen LogP contribution in [0.5, 0.6) is 0 Å². The number of aromatic amines is 1. The van der Waals surface area contributed by atoms with Crippen molar-refractivity contribution in [2.75, 3.05) is 11.9 Å². The second-order valence-corrected chi connectivity index (χ2v) is 4.75. The SMILES string of the molecule is Cc1nc(N[C@H](CO)Cc2cnc[nH]2)nc(C)c1C.O=CO. The molecule has 0 aliphatic carbocycles. The van der Waals surface area contributed by atoms with Crippen molar-refractivity contribution in [3.8, 4) is 0 Å². The number of H-pyrrole nitrogens is 1. The minimum absolute atomic E-state index is 0.00829. The summed E-state index contributed by atoms with van der Waals surface area (Å²) in [5.74, 6) is 0.555. The molecule has 2 aromatic heterocycles. The highest BCUT2D eigenvalue weighted by Crippen LogP contribution is 2.12. The molecule has 120 valence electrons. The number of anilines is 1. The van der Waals surface area contributed by atoms with Gasteiger partial charge in [0.05, 0.1) is 19.0 Å². The molecule has 0 bridgehead atoms. The molecule has 0 aliphatic rings. The average molecular weight is 307 g/mol. The van der Waals surface area contributed by atoms with Gasteiger partial charge in [-0.25, -0.2) is 15.0 Å². The summed E-state index contributed by atoms with van der Waals surface area (Å²) in [5, 5.41) is 19.5. The highest BCUT2D eigenvalue weighted by atomic mass is 16.3. The first-order chi connectivity index (χ1) is 10.5. The average Bonchev–Trinajstić information content (AvgIpc) is 2.97. The molecule has 8 nitrogen and oxygen atoms in total. The van der Waals surface area contributed by atoms with Crippen LogP contribution in [0.25, 0.3) is 0 Å². The number of rotatable bonds is 5. The summed E-state index contributed by atoms with van der Waals surface area (Å²) < 4.78 is 0. The summed E-state index contributed by atoms with van der Waals surface area (Å²) in [6.45, 7) is 5.67. The van der Waals surface area contributed by atoms with Crippen LogP contribution < -0.4 is 5.32 Å². The quantitative estimate of drug-likeness (QED) is 0.603. The van der Waals surface area contributed by atoms with Gasteiger partial charge in [0.15, 0.2) is 0 Å². The van der Waals surface area contributed by atoms with Gasteiger partial charge in [0.25, 0.3) is 6.47 Å². The third kappa shape index (κ3) is 5.13. The van der Waals surface area contributed by atoms with Crippen molar-refractivity contribution in [3.63, 3.8) is 0 Å². The molecule has 4 N–H and O–H groups in total. The number of carbonyl (C=O) groups is 1. The van der Waals surface area contributed by atoms with Gasteiger partial charge in [0.2, 0.25) is 5.95 Å². The van der Waals surface area contributed by atoms with E-state index in [4.69, 9.17) is 9.90 Å². The first-order valence-electron chi connectivity index (χ1n) is 6.76. The highest BCUT2D eigenvalue weighted by Gasteiger charge is 2.12. The standard InChI is InChI=1S/C13H19N5O.CH2O2/c1-8-9(2)16-13(17-10(8)3)18-12(6-19)4-11-5-14-7-15-11;2-1-3/h5,7,12,19H,4,6H2,1-3H3,(H,14,15)(H,16,17,18);1H,(H,2,3)/t12-;/m0./s1. The lowest BCUT2D eigenvalue weighted by Gasteiger charge is -2.16. The lowest BCUT2D eigenvalue weighted by atomic mass is 10.2. The molecule has 0 radical (unpaired) electrons. The van der Waals surface area contributed by atoms with Gasteiger partial charge in [-0.2, -0.15) is 0 Å². The molecule has 0 amide bonds. The van der Waals surface area contributed by atoms with E-state index in [-0.39, 0.29) is 19.1 Å². The van der Waals surface area contributed by atoms with Crippen molar-refractivity contribution in [3.05, 3.63) is 35.2 Å². The number of aliphatic hydroxyl groups is 1. The van der Waals surface area contributed by atoms with Gasteiger partial charge < -0.3 is 20.5 Å². The van der Waals surface area contributed by atoms with E-state index in [0.29, 0.717) is 12.4 Å². The molecule has 0 aromatic carbocycles. The number of hydrogen-bond donors (Lipinski definition) is 4. The lowest BCUT2D eigenvalue weighted by Crippen LogP contribution is -2.28. The Balaban J connectivity index is 0.000000745. The molecule has 22 heavy (non-hydrogen) atoms. The Morgan fingerprint density at radius 3 is 2.36 bits per heavy atom. The van der Waals surface area contributed by atoms with E-state index in [1.54, 1.807) is 12.5 Å². The Hall–Kier alpha value is -2.48. The maximum atomic E-state index is 9.43. The molecule has 0 unspecified atom stereocenters. The van der Waals surface area contributed by atoms with Crippen LogP contribution in [0.2, 0.25) is 0 Å². The predicted molar refractivity (Wildman–Crippen MR) is 81.7 cm³/mol. The molecular weight excluding hydrogens is 286 g/mol. The van der Waals surface area contributed by atoms with E-state index in [0.717, 1.165) is 22.6 Å². The number of nitrogens with zero attached hydrogens (tertiary/aromatic N) is 3. The number of imidazole rings is 1. The summed E-state index contributed by atoms with van der Waals surface area (Å²) in [6, 6.07) is -0.137. The van der Waals surface area contributed by atoms with E-state index in [9.17, 15) is 5.11 Å². The third-order valence-corrected chi connectivity index (χ3v) is 3.21. The molecule has 0 fully saturated rings. The van der Waals surface area contributed by atoms with Crippen LogP contribution in [0.15, 0.2) is 12.5 Å². The van der Waals surface area contributed by atoms with Crippen molar-refractivity contribution in [1.29, 1.82) is 0 Å². The van der Waals surface area contributed by atoms with Crippen LogP contribution in [0.4, 0.5) is 5.95 Å². The lowest BCUT2D eigenvalue weighted by molar-refractivity contribution is -0.122. The first-order valence-corrected chi connectivity index (χ1v) is 6.76. The Morgan fingerprint density at radius 1 is 1.32 bits per heavy atom. The molecule has 0 saturated carbocycles. The number of nitrogens with one attached hydrogen (secondary N) is 2. The zero-order chi connectivity index (χ0) is 16.5. The van der Waals surface area contributed by atoms with Crippen LogP contribution in [0, 0.1) is 20.8 Å². The molecule has 2 aromatic rings. The van der Waals surface area contributed by atoms with Crippen molar-refractivity contribution in [2.24, 2.45) is 0 Å². The molecule has 2 heterocycles. The monoisotopic (exact) mass is 307 g/mol. The van der Waals surface area contributed by atoms with Crippen molar-refractivity contribution < 1.29 is 15.0 Å². The van der Waals surface area contributed by atoms with Crippen molar-refractivity contribution in [2.45, 2.75) is 33.2 Å². The maximum Gasteiger partial charge on any atom is 0.290 e. The van der Waals surface area contributed by atoms with Crippen LogP contribution in [-0.4, -0.2) is 49.3 Å². The second kappa shape index (κ2) is 8.73. The third-order valence-electron chi connectivity index (χ3n) is 3.21. The molecule has 2 rings (SSSR count). The van der Waals surface area contributed by atoms with Crippen LogP contribution in [-0.2, 0) is 11.2 Å². The summed E-state index contributed by atoms with van der Waals surface area (Å²) in [6.07, 6.45) is 4.02. The minimum atomic E-state index is -0.250. The van der Waals surface area contributed by atoms with Gasteiger partial charge in [-0.05, 0) is 26.3 Å². The van der Waals surface area contributed by atoms with Gasteiger partial charge in [-0.3, -0.25) is 4.79 Å². The number of carboxylic acid groups (broad SMARTS) is 1. The Bertz CT molecular complexity index is 563. The van der Waals surface area contributed by atoms with Crippen molar-refractivity contribution >= 4 is 12.4 Å². The second-order valence-electron chi connectivity index (χ2n) is 4.75. The Labute approximate surface area is 128 Å². The normalized spacial score (nSPS) is 11.3. The van der Waals surface area contributed by atoms with Crippen LogP contribution in [0.1, 0.15) is 22.6 Å². The van der Waals surface area contributed by atoms with E-state index in [1.807, 2.05) is 20.8 Å². The fraction of sp³-hybridized carbons (Fsp3) is 0.429. The zero-order valence-electron chi connectivity index (χ0n) is 12.9. The van der Waals surface area contributed by atoms with Gasteiger partial charge >= 0.3 is 0 Å². The molecular formula is C14H21N5O3. The predicted octanol–water partition coefficient (Wildman–Crippen LogP) is 0.841. The van der Waals surface area contributed by atoms with Gasteiger partial charge in [0.1, 0.15) is 0 Å². The zero-order valence-corrected chi connectivity index (χ0v) is 12.9. The summed E-state index contributed by atoms with van der Waals surface area (Å²) in [5.41, 5.74) is 3.97. The fourth-order valence-electron chi connectivity index (χ4n) is 1.84. The minimum Gasteiger partial charge on any atom is -0.483 e. The number of aryl methyl sites for hydroxylation is 2. The van der Waals surface area contributed by atoms with Gasteiger partial charge in [0, 0.05) is 29.7 Å². The molecule has 1 atom stereocenters. The van der Waals surface area contributed by atoms with E-state index in [2.05, 4.69) is 25.3 Å². The van der Waals surface area contributed by atoms with Crippen molar-refractivity contribution in [1.82, 2.24) is 19.9 Å². The summed E-state index contributed by atoms with van der Waals surface area (Å²) in [4.78, 5) is 24.1. The first kappa shape index (κ1) is 17.6. The molecule has 8 heteroatoms. The van der Waals surface area contributed by atoms with Crippen LogP contribution in [0.3, 0.4) is 0 Å². The maximum absolute atomic E-state index is 9.43. The smallest absolute Gasteiger partial charge is 0.290 e. The number of hydrogen-bond acceptors (Lipinski definition) is 6. The molecule has 0 spiro atoms. The summed E-state index contributed by atoms with van der Waals surface area (Å²) in [7, 11) is 0. The summed E-state index contributed by atoms with van der Waals surface area (Å²) >= 11 is 0. The Morgan fingerprint density at radius 2 is 1.91 bits per heavy atom.